The minimum absolute atomic E-state index is 0.109. The Bertz CT molecular complexity index is 700. The fourth-order valence-corrected chi connectivity index (χ4v) is 3.36. The zero-order chi connectivity index (χ0) is 17.1. The van der Waals surface area contributed by atoms with Crippen LogP contribution in [0.15, 0.2) is 48.8 Å². The molecule has 1 amide bonds. The number of amides is 1. The molecule has 0 saturated carbocycles. The van der Waals surface area contributed by atoms with Crippen molar-refractivity contribution in [3.8, 4) is 0 Å². The van der Waals surface area contributed by atoms with Gasteiger partial charge in [0.05, 0.1) is 5.92 Å². The molecule has 3 atom stereocenters. The molecule has 3 unspecified atom stereocenters. The van der Waals surface area contributed by atoms with E-state index in [0.717, 1.165) is 5.56 Å². The third-order valence-electron chi connectivity index (χ3n) is 4.46. The van der Waals surface area contributed by atoms with Gasteiger partial charge in [0.2, 0.25) is 0 Å². The standard InChI is InChI=1S/C18H21N3O3/c1-13-10-15(18(23)24)12-20(11-13)17(22)16(21-9-5-8-19-21)14-6-3-2-4-7-14/h2-9,13,15-16H,10-12H2,1H3,(H,23,24). The average Bonchev–Trinajstić information content (AvgIpc) is 3.09. The number of piperidine rings is 1. The molecule has 1 aliphatic rings. The molecule has 1 N–H and O–H groups in total. The van der Waals surface area contributed by atoms with Crippen LogP contribution in [0.1, 0.15) is 24.9 Å². The highest BCUT2D eigenvalue weighted by Gasteiger charge is 2.35. The lowest BCUT2D eigenvalue weighted by atomic mass is 9.89. The Balaban J connectivity index is 1.90. The van der Waals surface area contributed by atoms with E-state index in [0.29, 0.717) is 13.0 Å². The molecular formula is C18H21N3O3. The Morgan fingerprint density at radius 3 is 2.58 bits per heavy atom. The summed E-state index contributed by atoms with van der Waals surface area (Å²) in [5.41, 5.74) is 0.844. The second-order valence-corrected chi connectivity index (χ2v) is 6.42. The van der Waals surface area contributed by atoms with Crippen molar-refractivity contribution < 1.29 is 14.7 Å². The van der Waals surface area contributed by atoms with Crippen LogP contribution in [-0.2, 0) is 9.59 Å². The van der Waals surface area contributed by atoms with E-state index in [1.165, 1.54) is 0 Å². The van der Waals surface area contributed by atoms with E-state index in [4.69, 9.17) is 0 Å². The number of rotatable bonds is 4. The monoisotopic (exact) mass is 327 g/mol. The minimum atomic E-state index is -0.838. The quantitative estimate of drug-likeness (QED) is 0.932. The first-order valence-corrected chi connectivity index (χ1v) is 8.12. The SMILES string of the molecule is CC1CC(C(=O)O)CN(C(=O)C(c2ccccc2)n2cccn2)C1. The Hall–Kier alpha value is -2.63. The van der Waals surface area contributed by atoms with Gasteiger partial charge in [-0.2, -0.15) is 5.10 Å². The summed E-state index contributed by atoms with van der Waals surface area (Å²) in [7, 11) is 0. The molecular weight excluding hydrogens is 306 g/mol. The predicted molar refractivity (Wildman–Crippen MR) is 88.3 cm³/mol. The van der Waals surface area contributed by atoms with Crippen LogP contribution in [0.5, 0.6) is 0 Å². The minimum Gasteiger partial charge on any atom is -0.481 e. The first-order chi connectivity index (χ1) is 11.6. The molecule has 1 aromatic carbocycles. The first-order valence-electron chi connectivity index (χ1n) is 8.12. The highest BCUT2D eigenvalue weighted by atomic mass is 16.4. The topological polar surface area (TPSA) is 75.4 Å². The van der Waals surface area contributed by atoms with Crippen molar-refractivity contribution in [2.24, 2.45) is 11.8 Å². The van der Waals surface area contributed by atoms with E-state index in [-0.39, 0.29) is 18.4 Å². The molecule has 0 bridgehead atoms. The maximum atomic E-state index is 13.2. The molecule has 1 saturated heterocycles. The van der Waals surface area contributed by atoms with Gasteiger partial charge in [-0.05, 0) is 24.0 Å². The molecule has 3 rings (SSSR count). The zero-order valence-electron chi connectivity index (χ0n) is 13.6. The number of benzene rings is 1. The van der Waals surface area contributed by atoms with Crippen molar-refractivity contribution >= 4 is 11.9 Å². The molecule has 1 fully saturated rings. The number of aromatic nitrogens is 2. The maximum absolute atomic E-state index is 13.2. The van der Waals surface area contributed by atoms with Crippen molar-refractivity contribution in [2.45, 2.75) is 19.4 Å². The van der Waals surface area contributed by atoms with E-state index < -0.39 is 17.9 Å². The van der Waals surface area contributed by atoms with Crippen molar-refractivity contribution in [3.05, 3.63) is 54.4 Å². The lowest BCUT2D eigenvalue weighted by molar-refractivity contribution is -0.147. The molecule has 6 heteroatoms. The van der Waals surface area contributed by atoms with Crippen LogP contribution in [0.4, 0.5) is 0 Å². The van der Waals surface area contributed by atoms with Gasteiger partial charge >= 0.3 is 5.97 Å². The molecule has 126 valence electrons. The summed E-state index contributed by atoms with van der Waals surface area (Å²) >= 11 is 0. The summed E-state index contributed by atoms with van der Waals surface area (Å²) in [6.45, 7) is 2.82. The lowest BCUT2D eigenvalue weighted by Gasteiger charge is -2.36. The predicted octanol–water partition coefficient (Wildman–Crippen LogP) is 2.04. The average molecular weight is 327 g/mol. The molecule has 2 heterocycles. The lowest BCUT2D eigenvalue weighted by Crippen LogP contribution is -2.48. The zero-order valence-corrected chi connectivity index (χ0v) is 13.6. The third-order valence-corrected chi connectivity index (χ3v) is 4.46. The van der Waals surface area contributed by atoms with Crippen molar-refractivity contribution in [1.82, 2.24) is 14.7 Å². The Morgan fingerprint density at radius 2 is 1.96 bits per heavy atom. The third kappa shape index (κ3) is 3.32. The van der Waals surface area contributed by atoms with Crippen LogP contribution in [-0.4, -0.2) is 44.8 Å². The molecule has 0 spiro atoms. The van der Waals surface area contributed by atoms with Gasteiger partial charge in [0.1, 0.15) is 0 Å². The van der Waals surface area contributed by atoms with Crippen molar-refractivity contribution in [3.63, 3.8) is 0 Å². The number of hydrogen-bond donors (Lipinski definition) is 1. The summed E-state index contributed by atoms with van der Waals surface area (Å²) in [6.07, 6.45) is 4.01. The number of nitrogens with zero attached hydrogens (tertiary/aromatic N) is 3. The van der Waals surface area contributed by atoms with E-state index in [9.17, 15) is 14.7 Å². The van der Waals surface area contributed by atoms with Gasteiger partial charge in [0.15, 0.2) is 6.04 Å². The van der Waals surface area contributed by atoms with E-state index in [1.54, 1.807) is 28.0 Å². The van der Waals surface area contributed by atoms with Gasteiger partial charge in [-0.25, -0.2) is 0 Å². The number of aliphatic carboxylic acids is 1. The molecule has 6 nitrogen and oxygen atoms in total. The fraction of sp³-hybridized carbons (Fsp3) is 0.389. The fourth-order valence-electron chi connectivity index (χ4n) is 3.36. The molecule has 0 radical (unpaired) electrons. The number of carbonyl (C=O) groups excluding carboxylic acids is 1. The van der Waals surface area contributed by atoms with Gasteiger partial charge < -0.3 is 10.0 Å². The van der Waals surface area contributed by atoms with Crippen LogP contribution in [0.25, 0.3) is 0 Å². The summed E-state index contributed by atoms with van der Waals surface area (Å²) in [5, 5.41) is 13.6. The van der Waals surface area contributed by atoms with Gasteiger partial charge in [0, 0.05) is 25.5 Å². The summed E-state index contributed by atoms with van der Waals surface area (Å²) in [4.78, 5) is 26.2. The summed E-state index contributed by atoms with van der Waals surface area (Å²) < 4.78 is 1.63. The number of likely N-dealkylation sites (tertiary alicyclic amines) is 1. The Kier molecular flexibility index (Phi) is 4.64. The highest BCUT2D eigenvalue weighted by Crippen LogP contribution is 2.26. The van der Waals surface area contributed by atoms with Gasteiger partial charge in [-0.15, -0.1) is 0 Å². The van der Waals surface area contributed by atoms with Crippen LogP contribution >= 0.6 is 0 Å². The molecule has 24 heavy (non-hydrogen) atoms. The van der Waals surface area contributed by atoms with Crippen LogP contribution in [0.2, 0.25) is 0 Å². The van der Waals surface area contributed by atoms with Crippen molar-refractivity contribution in [2.75, 3.05) is 13.1 Å². The molecule has 0 aliphatic carbocycles. The number of carboxylic acids is 1. The van der Waals surface area contributed by atoms with Crippen molar-refractivity contribution in [1.29, 1.82) is 0 Å². The summed E-state index contributed by atoms with van der Waals surface area (Å²) in [6, 6.07) is 10.7. The number of carbonyl (C=O) groups is 2. The van der Waals surface area contributed by atoms with Crippen LogP contribution in [0.3, 0.4) is 0 Å². The number of hydrogen-bond acceptors (Lipinski definition) is 3. The number of carboxylic acid groups (broad SMARTS) is 1. The second-order valence-electron chi connectivity index (χ2n) is 6.42. The molecule has 1 aromatic heterocycles. The first kappa shape index (κ1) is 16.2. The van der Waals surface area contributed by atoms with Gasteiger partial charge in [-0.1, -0.05) is 37.3 Å². The van der Waals surface area contributed by atoms with E-state index in [2.05, 4.69) is 5.10 Å². The van der Waals surface area contributed by atoms with Crippen LogP contribution in [0, 0.1) is 11.8 Å². The van der Waals surface area contributed by atoms with E-state index >= 15 is 0 Å². The molecule has 2 aromatic rings. The largest absolute Gasteiger partial charge is 0.481 e. The van der Waals surface area contributed by atoms with Gasteiger partial charge in [-0.3, -0.25) is 14.3 Å². The highest BCUT2D eigenvalue weighted by molar-refractivity contribution is 5.84. The van der Waals surface area contributed by atoms with Gasteiger partial charge in [0.25, 0.3) is 5.91 Å². The Morgan fingerprint density at radius 1 is 1.21 bits per heavy atom. The summed E-state index contributed by atoms with van der Waals surface area (Å²) in [5.74, 6) is -1.29. The van der Waals surface area contributed by atoms with E-state index in [1.807, 2.05) is 37.3 Å². The smallest absolute Gasteiger partial charge is 0.308 e. The second kappa shape index (κ2) is 6.86. The Labute approximate surface area is 140 Å². The maximum Gasteiger partial charge on any atom is 0.308 e. The van der Waals surface area contributed by atoms with Crippen LogP contribution < -0.4 is 0 Å². The molecule has 1 aliphatic heterocycles. The normalized spacial score (nSPS) is 22.1.